The molecule has 0 fully saturated rings. The van der Waals surface area contributed by atoms with Crippen LogP contribution >= 0.6 is 0 Å². The summed E-state index contributed by atoms with van der Waals surface area (Å²) in [6.45, 7) is 1.68. The normalized spacial score (nSPS) is 12.1. The van der Waals surface area contributed by atoms with Gasteiger partial charge >= 0.3 is 5.97 Å². The van der Waals surface area contributed by atoms with Crippen LogP contribution < -0.4 is 0 Å². The maximum atomic E-state index is 10.9. The summed E-state index contributed by atoms with van der Waals surface area (Å²) in [4.78, 5) is 10.9. The summed E-state index contributed by atoms with van der Waals surface area (Å²) in [6, 6.07) is 14.8. The average molecular weight is 256 g/mol. The van der Waals surface area contributed by atoms with Crippen molar-refractivity contribution in [3.63, 3.8) is 0 Å². The Hall–Kier alpha value is -2.29. The zero-order chi connectivity index (χ0) is 13.8. The first-order chi connectivity index (χ1) is 9.08. The van der Waals surface area contributed by atoms with Crippen molar-refractivity contribution in [1.82, 2.24) is 0 Å². The van der Waals surface area contributed by atoms with Crippen molar-refractivity contribution in [2.24, 2.45) is 5.92 Å². The molecular formula is C16H16O3. The molecule has 3 nitrogen and oxygen atoms in total. The van der Waals surface area contributed by atoms with Crippen LogP contribution in [0.5, 0.6) is 5.75 Å². The Morgan fingerprint density at radius 2 is 1.84 bits per heavy atom. The van der Waals surface area contributed by atoms with E-state index in [0.717, 1.165) is 16.7 Å². The molecule has 1 unspecified atom stereocenters. The molecule has 0 aliphatic heterocycles. The summed E-state index contributed by atoms with van der Waals surface area (Å²) < 4.78 is 0. The zero-order valence-electron chi connectivity index (χ0n) is 10.7. The van der Waals surface area contributed by atoms with Crippen LogP contribution in [0.15, 0.2) is 48.5 Å². The van der Waals surface area contributed by atoms with Crippen LogP contribution in [-0.4, -0.2) is 16.2 Å². The number of phenolic OH excluding ortho intramolecular Hbond substituents is 1. The smallest absolute Gasteiger partial charge is 0.306 e. The molecule has 0 aliphatic carbocycles. The SMILES string of the molecule is CC(Cc1ccc(O)c(-c2ccccc2)c1)C(=O)O. The number of hydrogen-bond acceptors (Lipinski definition) is 2. The van der Waals surface area contributed by atoms with Gasteiger partial charge in [-0.15, -0.1) is 0 Å². The van der Waals surface area contributed by atoms with Gasteiger partial charge in [-0.3, -0.25) is 4.79 Å². The van der Waals surface area contributed by atoms with Crippen LogP contribution in [0.2, 0.25) is 0 Å². The number of carboxylic acids is 1. The predicted octanol–water partition coefficient (Wildman–Crippen LogP) is 3.32. The molecule has 2 aromatic carbocycles. The average Bonchev–Trinajstić information content (AvgIpc) is 2.41. The van der Waals surface area contributed by atoms with E-state index >= 15 is 0 Å². The number of aromatic hydroxyl groups is 1. The predicted molar refractivity (Wildman–Crippen MR) is 74.0 cm³/mol. The fourth-order valence-electron chi connectivity index (χ4n) is 2.00. The fraction of sp³-hybridized carbons (Fsp3) is 0.188. The molecule has 0 saturated heterocycles. The van der Waals surface area contributed by atoms with E-state index in [0.29, 0.717) is 6.42 Å². The molecule has 0 saturated carbocycles. The zero-order valence-corrected chi connectivity index (χ0v) is 10.7. The number of phenols is 1. The van der Waals surface area contributed by atoms with Crippen molar-refractivity contribution >= 4 is 5.97 Å². The number of carbonyl (C=O) groups is 1. The Labute approximate surface area is 112 Å². The second-order valence-corrected chi connectivity index (χ2v) is 4.66. The van der Waals surface area contributed by atoms with E-state index in [1.54, 1.807) is 19.1 Å². The Kier molecular flexibility index (Phi) is 3.85. The lowest BCUT2D eigenvalue weighted by molar-refractivity contribution is -0.141. The molecule has 0 spiro atoms. The molecular weight excluding hydrogens is 240 g/mol. The standard InChI is InChI=1S/C16H16O3/c1-11(16(18)19)9-12-7-8-15(17)14(10-12)13-5-3-2-4-6-13/h2-8,10-11,17H,9H2,1H3,(H,18,19). The number of aliphatic carboxylic acids is 1. The van der Waals surface area contributed by atoms with Crippen molar-refractivity contribution in [2.45, 2.75) is 13.3 Å². The van der Waals surface area contributed by atoms with E-state index in [9.17, 15) is 9.90 Å². The Balaban J connectivity index is 2.33. The Morgan fingerprint density at radius 1 is 1.16 bits per heavy atom. The summed E-state index contributed by atoms with van der Waals surface area (Å²) in [5.74, 6) is -1.04. The van der Waals surface area contributed by atoms with Crippen molar-refractivity contribution < 1.29 is 15.0 Å². The fourth-order valence-corrected chi connectivity index (χ4v) is 2.00. The lowest BCUT2D eigenvalue weighted by Crippen LogP contribution is -2.12. The third-order valence-electron chi connectivity index (χ3n) is 3.11. The van der Waals surface area contributed by atoms with Gasteiger partial charge in [-0.2, -0.15) is 0 Å². The lowest BCUT2D eigenvalue weighted by Gasteiger charge is -2.10. The Bertz CT molecular complexity index is 576. The molecule has 2 N–H and O–H groups in total. The van der Waals surface area contributed by atoms with Gasteiger partial charge in [0.1, 0.15) is 5.75 Å². The second-order valence-electron chi connectivity index (χ2n) is 4.66. The van der Waals surface area contributed by atoms with Crippen LogP contribution in [0.3, 0.4) is 0 Å². The first-order valence-electron chi connectivity index (χ1n) is 6.18. The van der Waals surface area contributed by atoms with Crippen LogP contribution in [0, 0.1) is 5.92 Å². The third-order valence-corrected chi connectivity index (χ3v) is 3.11. The van der Waals surface area contributed by atoms with Gasteiger partial charge < -0.3 is 10.2 Å². The topological polar surface area (TPSA) is 57.5 Å². The molecule has 2 aromatic rings. The minimum Gasteiger partial charge on any atom is -0.507 e. The molecule has 0 radical (unpaired) electrons. The summed E-state index contributed by atoms with van der Waals surface area (Å²) in [5.41, 5.74) is 2.56. The van der Waals surface area contributed by atoms with E-state index < -0.39 is 11.9 Å². The van der Waals surface area contributed by atoms with Crippen molar-refractivity contribution in [3.8, 4) is 16.9 Å². The number of carboxylic acid groups (broad SMARTS) is 1. The van der Waals surface area contributed by atoms with Crippen LogP contribution in [0.25, 0.3) is 11.1 Å². The molecule has 3 heteroatoms. The number of hydrogen-bond donors (Lipinski definition) is 2. The molecule has 0 bridgehead atoms. The molecule has 1 atom stereocenters. The highest BCUT2D eigenvalue weighted by Gasteiger charge is 2.13. The highest BCUT2D eigenvalue weighted by molar-refractivity contribution is 5.72. The summed E-state index contributed by atoms with van der Waals surface area (Å²) in [7, 11) is 0. The minimum absolute atomic E-state index is 0.206. The van der Waals surface area contributed by atoms with Crippen molar-refractivity contribution in [3.05, 3.63) is 54.1 Å². The van der Waals surface area contributed by atoms with Gasteiger partial charge in [-0.25, -0.2) is 0 Å². The number of benzene rings is 2. The molecule has 98 valence electrons. The minimum atomic E-state index is -0.811. The van der Waals surface area contributed by atoms with E-state index in [1.807, 2.05) is 36.4 Å². The third kappa shape index (κ3) is 3.13. The lowest BCUT2D eigenvalue weighted by atomic mass is 9.96. The van der Waals surface area contributed by atoms with Gasteiger partial charge in [-0.05, 0) is 29.7 Å². The van der Waals surface area contributed by atoms with Crippen molar-refractivity contribution in [1.29, 1.82) is 0 Å². The first-order valence-corrected chi connectivity index (χ1v) is 6.18. The maximum absolute atomic E-state index is 10.9. The summed E-state index contributed by atoms with van der Waals surface area (Å²) >= 11 is 0. The Morgan fingerprint density at radius 3 is 2.47 bits per heavy atom. The number of rotatable bonds is 4. The van der Waals surface area contributed by atoms with Gasteiger partial charge in [0.25, 0.3) is 0 Å². The van der Waals surface area contributed by atoms with E-state index in [2.05, 4.69) is 0 Å². The molecule has 2 rings (SSSR count). The molecule has 0 aromatic heterocycles. The first kappa shape index (κ1) is 13.1. The molecule has 19 heavy (non-hydrogen) atoms. The maximum Gasteiger partial charge on any atom is 0.306 e. The highest BCUT2D eigenvalue weighted by Crippen LogP contribution is 2.30. The second kappa shape index (κ2) is 5.57. The van der Waals surface area contributed by atoms with E-state index in [1.165, 1.54) is 0 Å². The van der Waals surface area contributed by atoms with Crippen LogP contribution in [0.1, 0.15) is 12.5 Å². The van der Waals surface area contributed by atoms with E-state index in [-0.39, 0.29) is 5.75 Å². The van der Waals surface area contributed by atoms with Gasteiger partial charge in [-0.1, -0.05) is 43.3 Å². The van der Waals surface area contributed by atoms with Gasteiger partial charge in [0.05, 0.1) is 5.92 Å². The van der Waals surface area contributed by atoms with E-state index in [4.69, 9.17) is 5.11 Å². The monoisotopic (exact) mass is 256 g/mol. The van der Waals surface area contributed by atoms with Crippen LogP contribution in [0.4, 0.5) is 0 Å². The van der Waals surface area contributed by atoms with Gasteiger partial charge in [0.15, 0.2) is 0 Å². The molecule has 0 heterocycles. The molecule has 0 aliphatic rings. The quantitative estimate of drug-likeness (QED) is 0.882. The van der Waals surface area contributed by atoms with Gasteiger partial charge in [0.2, 0.25) is 0 Å². The highest BCUT2D eigenvalue weighted by atomic mass is 16.4. The van der Waals surface area contributed by atoms with Crippen molar-refractivity contribution in [2.75, 3.05) is 0 Å². The largest absolute Gasteiger partial charge is 0.507 e. The summed E-state index contributed by atoms with van der Waals surface area (Å²) in [6.07, 6.45) is 0.454. The molecule has 0 amide bonds. The summed E-state index contributed by atoms with van der Waals surface area (Å²) in [5, 5.41) is 18.9. The van der Waals surface area contributed by atoms with Gasteiger partial charge in [0, 0.05) is 5.56 Å². The van der Waals surface area contributed by atoms with Crippen LogP contribution in [-0.2, 0) is 11.2 Å².